The Balaban J connectivity index is 1.80. The van der Waals surface area contributed by atoms with Gasteiger partial charge in [0, 0.05) is 7.05 Å². The van der Waals surface area contributed by atoms with Gasteiger partial charge in [0.15, 0.2) is 0 Å². The van der Waals surface area contributed by atoms with Gasteiger partial charge in [0.05, 0.1) is 12.2 Å². The summed E-state index contributed by atoms with van der Waals surface area (Å²) in [5.41, 5.74) is 0.0629. The van der Waals surface area contributed by atoms with Gasteiger partial charge < -0.3 is 10.6 Å². The van der Waals surface area contributed by atoms with E-state index in [4.69, 9.17) is 0 Å². The van der Waals surface area contributed by atoms with E-state index in [0.29, 0.717) is 5.69 Å². The average molecular weight is 274 g/mol. The molecule has 6 nitrogen and oxygen atoms in total. The normalized spacial score (nSPS) is 20.6. The summed E-state index contributed by atoms with van der Waals surface area (Å²) in [6.07, 6.45) is 3.48. The van der Waals surface area contributed by atoms with Crippen molar-refractivity contribution in [3.63, 3.8) is 0 Å². The molecule has 1 spiro atoms. The van der Waals surface area contributed by atoms with E-state index >= 15 is 0 Å². The van der Waals surface area contributed by atoms with Gasteiger partial charge in [-0.2, -0.15) is 0 Å². The van der Waals surface area contributed by atoms with Gasteiger partial charge in [-0.15, -0.1) is 0 Å². The minimum atomic E-state index is -0.641. The van der Waals surface area contributed by atoms with Crippen LogP contribution in [0.2, 0.25) is 0 Å². The zero-order valence-corrected chi connectivity index (χ0v) is 11.5. The molecular weight excluding hydrogens is 256 g/mol. The van der Waals surface area contributed by atoms with E-state index in [1.54, 1.807) is 7.05 Å². The number of carbonyl (C=O) groups excluding carboxylic acids is 2. The monoisotopic (exact) mass is 274 g/mol. The lowest BCUT2D eigenvalue weighted by Crippen LogP contribution is -2.44. The largest absolute Gasteiger partial charge is 0.373 e. The maximum Gasteiger partial charge on any atom is 0.325 e. The Labute approximate surface area is 117 Å². The summed E-state index contributed by atoms with van der Waals surface area (Å²) in [7, 11) is 1.79. The molecule has 3 amide bonds. The molecular formula is C14H18N4O2. The highest BCUT2D eigenvalue weighted by atomic mass is 16.2. The molecule has 0 radical (unpaired) electrons. The zero-order chi connectivity index (χ0) is 14.2. The Bertz CT molecular complexity index is 552. The second kappa shape index (κ2) is 4.77. The van der Waals surface area contributed by atoms with Crippen LogP contribution in [0.4, 0.5) is 10.6 Å². The Kier molecular flexibility index (Phi) is 3.08. The molecule has 3 rings (SSSR count). The van der Waals surface area contributed by atoms with Crippen LogP contribution in [0.3, 0.4) is 0 Å². The van der Waals surface area contributed by atoms with Crippen LogP contribution in [0.25, 0.3) is 0 Å². The molecule has 2 N–H and O–H groups in total. The fourth-order valence-corrected chi connectivity index (χ4v) is 3.01. The third-order valence-electron chi connectivity index (χ3n) is 4.09. The standard InChI is InChI=1S/C14H18N4O2/c1-15-11-6-4-5-10(16-11)9-18-12(19)14(17-13(18)20)7-2-3-8-14/h4-6H,2-3,7-9H2,1H3,(H,15,16)(H,17,20). The molecule has 2 fully saturated rings. The van der Waals surface area contributed by atoms with E-state index in [0.717, 1.165) is 31.5 Å². The van der Waals surface area contributed by atoms with E-state index in [1.165, 1.54) is 4.90 Å². The van der Waals surface area contributed by atoms with Crippen molar-refractivity contribution in [2.24, 2.45) is 0 Å². The number of nitrogens with one attached hydrogen (secondary N) is 2. The molecule has 1 saturated carbocycles. The molecule has 0 bridgehead atoms. The van der Waals surface area contributed by atoms with Crippen molar-refractivity contribution in [1.29, 1.82) is 0 Å². The number of amides is 3. The number of pyridine rings is 1. The number of aromatic nitrogens is 1. The SMILES string of the molecule is CNc1cccc(CN2C(=O)NC3(CCCC3)C2=O)n1. The smallest absolute Gasteiger partial charge is 0.325 e. The molecule has 20 heavy (non-hydrogen) atoms. The highest BCUT2D eigenvalue weighted by Gasteiger charge is 2.52. The van der Waals surface area contributed by atoms with Gasteiger partial charge in [0.1, 0.15) is 11.4 Å². The number of rotatable bonds is 3. The Hall–Kier alpha value is -2.11. The summed E-state index contributed by atoms with van der Waals surface area (Å²) in [5.74, 6) is 0.627. The van der Waals surface area contributed by atoms with Crippen molar-refractivity contribution in [2.45, 2.75) is 37.8 Å². The maximum atomic E-state index is 12.5. The quantitative estimate of drug-likeness (QED) is 0.819. The lowest BCUT2D eigenvalue weighted by Gasteiger charge is -2.19. The lowest BCUT2D eigenvalue weighted by molar-refractivity contribution is -0.131. The highest BCUT2D eigenvalue weighted by Crippen LogP contribution is 2.35. The second-order valence-corrected chi connectivity index (χ2v) is 5.37. The number of urea groups is 1. The van der Waals surface area contributed by atoms with Crippen LogP contribution in [0.5, 0.6) is 0 Å². The Morgan fingerprint density at radius 2 is 2.10 bits per heavy atom. The summed E-state index contributed by atoms with van der Waals surface area (Å²) in [6.45, 7) is 0.224. The number of hydrogen-bond donors (Lipinski definition) is 2. The van der Waals surface area contributed by atoms with E-state index < -0.39 is 5.54 Å². The lowest BCUT2D eigenvalue weighted by atomic mass is 9.98. The van der Waals surface area contributed by atoms with Gasteiger partial charge in [0.2, 0.25) is 0 Å². The molecule has 1 saturated heterocycles. The minimum Gasteiger partial charge on any atom is -0.373 e. The van der Waals surface area contributed by atoms with Gasteiger partial charge in [0.25, 0.3) is 5.91 Å². The summed E-state index contributed by atoms with van der Waals surface area (Å²) < 4.78 is 0. The first-order valence-electron chi connectivity index (χ1n) is 6.92. The average Bonchev–Trinajstić information content (AvgIpc) is 3.01. The molecule has 6 heteroatoms. The van der Waals surface area contributed by atoms with Crippen molar-refractivity contribution in [2.75, 3.05) is 12.4 Å². The highest BCUT2D eigenvalue weighted by molar-refractivity contribution is 6.07. The predicted molar refractivity (Wildman–Crippen MR) is 74.1 cm³/mol. The Morgan fingerprint density at radius 1 is 1.35 bits per heavy atom. The van der Waals surface area contributed by atoms with Crippen LogP contribution < -0.4 is 10.6 Å². The van der Waals surface area contributed by atoms with Crippen LogP contribution >= 0.6 is 0 Å². The van der Waals surface area contributed by atoms with Crippen molar-refractivity contribution in [3.8, 4) is 0 Å². The Morgan fingerprint density at radius 3 is 2.80 bits per heavy atom. The molecule has 0 unspecified atom stereocenters. The number of anilines is 1. The van der Waals surface area contributed by atoms with Crippen LogP contribution in [-0.4, -0.2) is 34.4 Å². The third kappa shape index (κ3) is 2.01. The first kappa shape index (κ1) is 12.9. The van der Waals surface area contributed by atoms with Crippen LogP contribution in [0.15, 0.2) is 18.2 Å². The molecule has 1 aliphatic carbocycles. The van der Waals surface area contributed by atoms with Crippen LogP contribution in [0, 0.1) is 0 Å². The van der Waals surface area contributed by atoms with Gasteiger partial charge in [-0.05, 0) is 25.0 Å². The molecule has 106 valence electrons. The number of carbonyl (C=O) groups is 2. The van der Waals surface area contributed by atoms with Crippen molar-refractivity contribution >= 4 is 17.8 Å². The number of imide groups is 1. The molecule has 1 aromatic rings. The number of nitrogens with zero attached hydrogens (tertiary/aromatic N) is 2. The third-order valence-corrected chi connectivity index (χ3v) is 4.09. The predicted octanol–water partition coefficient (Wildman–Crippen LogP) is 1.49. The fraction of sp³-hybridized carbons (Fsp3) is 0.500. The van der Waals surface area contributed by atoms with Gasteiger partial charge >= 0.3 is 6.03 Å². The first-order valence-corrected chi connectivity index (χ1v) is 6.92. The molecule has 1 aliphatic heterocycles. The minimum absolute atomic E-state index is 0.100. The molecule has 1 aromatic heterocycles. The van der Waals surface area contributed by atoms with E-state index in [9.17, 15) is 9.59 Å². The molecule has 0 atom stereocenters. The molecule has 2 heterocycles. The summed E-state index contributed by atoms with van der Waals surface area (Å²) >= 11 is 0. The summed E-state index contributed by atoms with van der Waals surface area (Å²) in [4.78, 5) is 30.2. The van der Waals surface area contributed by atoms with E-state index in [2.05, 4.69) is 15.6 Å². The van der Waals surface area contributed by atoms with Gasteiger partial charge in [-0.1, -0.05) is 18.9 Å². The van der Waals surface area contributed by atoms with E-state index in [1.807, 2.05) is 18.2 Å². The summed E-state index contributed by atoms with van der Waals surface area (Å²) in [5, 5.41) is 5.82. The topological polar surface area (TPSA) is 74.3 Å². The van der Waals surface area contributed by atoms with Gasteiger partial charge in [-0.3, -0.25) is 9.69 Å². The molecule has 2 aliphatic rings. The summed E-state index contributed by atoms with van der Waals surface area (Å²) in [6, 6.07) is 5.22. The van der Waals surface area contributed by atoms with Crippen LogP contribution in [0.1, 0.15) is 31.4 Å². The zero-order valence-electron chi connectivity index (χ0n) is 11.5. The molecule has 0 aromatic carbocycles. The van der Waals surface area contributed by atoms with Crippen LogP contribution in [-0.2, 0) is 11.3 Å². The first-order chi connectivity index (χ1) is 9.64. The number of hydrogen-bond acceptors (Lipinski definition) is 4. The van der Waals surface area contributed by atoms with Gasteiger partial charge in [-0.25, -0.2) is 9.78 Å². The maximum absolute atomic E-state index is 12.5. The second-order valence-electron chi connectivity index (χ2n) is 5.37. The van der Waals surface area contributed by atoms with Crippen molar-refractivity contribution < 1.29 is 9.59 Å². The van der Waals surface area contributed by atoms with Crippen molar-refractivity contribution in [3.05, 3.63) is 23.9 Å². The van der Waals surface area contributed by atoms with Crippen molar-refractivity contribution in [1.82, 2.24) is 15.2 Å². The van der Waals surface area contributed by atoms with E-state index in [-0.39, 0.29) is 18.5 Å². The fourth-order valence-electron chi connectivity index (χ4n) is 3.01.